The summed E-state index contributed by atoms with van der Waals surface area (Å²) in [5, 5.41) is 4.52. The van der Waals surface area contributed by atoms with Crippen molar-refractivity contribution in [2.45, 2.75) is 39.3 Å². The molecule has 0 saturated carbocycles. The van der Waals surface area contributed by atoms with Crippen molar-refractivity contribution < 1.29 is 0 Å². The lowest BCUT2D eigenvalue weighted by atomic mass is 10.0. The van der Waals surface area contributed by atoms with E-state index < -0.39 is 0 Å². The number of aryl methyl sites for hydroxylation is 2. The number of aromatic nitrogens is 2. The van der Waals surface area contributed by atoms with Crippen molar-refractivity contribution in [2.24, 2.45) is 12.8 Å². The van der Waals surface area contributed by atoms with Crippen molar-refractivity contribution in [3.05, 3.63) is 17.5 Å². The Morgan fingerprint density at radius 3 is 2.43 bits per heavy atom. The van der Waals surface area contributed by atoms with Gasteiger partial charge in [0.2, 0.25) is 0 Å². The highest BCUT2D eigenvalue weighted by Gasteiger charge is 2.32. The molecule has 21 heavy (non-hydrogen) atoms. The van der Waals surface area contributed by atoms with Gasteiger partial charge in [-0.15, -0.1) is 0 Å². The van der Waals surface area contributed by atoms with Crippen LogP contribution in [0.5, 0.6) is 0 Å². The van der Waals surface area contributed by atoms with Gasteiger partial charge in [0.25, 0.3) is 0 Å². The second kappa shape index (κ2) is 6.42. The predicted octanol–water partition coefficient (Wildman–Crippen LogP) is 1.16. The Morgan fingerprint density at radius 1 is 1.33 bits per heavy atom. The van der Waals surface area contributed by atoms with Crippen LogP contribution in [0.3, 0.4) is 0 Å². The van der Waals surface area contributed by atoms with Crippen molar-refractivity contribution in [2.75, 3.05) is 26.2 Å². The lowest BCUT2D eigenvalue weighted by Crippen LogP contribution is -2.59. The minimum absolute atomic E-state index is 0.191. The maximum atomic E-state index is 5.86. The van der Waals surface area contributed by atoms with Gasteiger partial charge in [0.05, 0.1) is 21.9 Å². The summed E-state index contributed by atoms with van der Waals surface area (Å²) in [6, 6.07) is 2.21. The zero-order valence-corrected chi connectivity index (χ0v) is 14.4. The summed E-state index contributed by atoms with van der Waals surface area (Å²) < 4.78 is 2.00. The van der Waals surface area contributed by atoms with Gasteiger partial charge in [-0.2, -0.15) is 5.10 Å². The average molecular weight is 309 g/mol. The Bertz CT molecular complexity index is 500. The number of nitrogens with zero attached hydrogens (tertiary/aromatic N) is 4. The van der Waals surface area contributed by atoms with Gasteiger partial charge in [-0.25, -0.2) is 0 Å². The number of rotatable bonds is 5. The second-order valence-electron chi connectivity index (χ2n) is 6.29. The largest absolute Gasteiger partial charge is 0.392 e. The molecule has 0 aliphatic carbocycles. The summed E-state index contributed by atoms with van der Waals surface area (Å²) in [7, 11) is 2.03. The molecule has 0 atom stereocenters. The zero-order chi connectivity index (χ0) is 15.6. The van der Waals surface area contributed by atoms with Crippen molar-refractivity contribution in [1.82, 2.24) is 19.6 Å². The molecule has 1 aliphatic rings. The van der Waals surface area contributed by atoms with Crippen LogP contribution in [0.4, 0.5) is 0 Å². The molecule has 2 heterocycles. The Hall–Kier alpha value is -0.980. The fraction of sp³-hybridized carbons (Fsp3) is 0.733. The Kier molecular flexibility index (Phi) is 5.01. The molecule has 1 aromatic heterocycles. The van der Waals surface area contributed by atoms with E-state index in [1.807, 2.05) is 11.7 Å². The van der Waals surface area contributed by atoms with Crippen LogP contribution in [0.2, 0.25) is 0 Å². The summed E-state index contributed by atoms with van der Waals surface area (Å²) in [5.74, 6) is 0. The summed E-state index contributed by atoms with van der Waals surface area (Å²) in [5.41, 5.74) is 8.12. The first-order chi connectivity index (χ1) is 9.84. The molecule has 6 heteroatoms. The van der Waals surface area contributed by atoms with Crippen LogP contribution in [0, 0.1) is 0 Å². The van der Waals surface area contributed by atoms with Gasteiger partial charge in [-0.3, -0.25) is 14.5 Å². The van der Waals surface area contributed by atoms with E-state index in [1.165, 1.54) is 11.4 Å². The molecule has 0 amide bonds. The first-order valence-corrected chi connectivity index (χ1v) is 8.04. The SMILES string of the molecule is CCc1cc(CN2CCN(C(C)(C)C(N)=S)CC2)n(C)n1. The third-order valence-electron chi connectivity index (χ3n) is 4.54. The summed E-state index contributed by atoms with van der Waals surface area (Å²) in [4.78, 5) is 5.44. The van der Waals surface area contributed by atoms with Crippen LogP contribution >= 0.6 is 12.2 Å². The lowest BCUT2D eigenvalue weighted by Gasteiger charge is -2.43. The lowest BCUT2D eigenvalue weighted by molar-refractivity contribution is 0.0808. The minimum Gasteiger partial charge on any atom is -0.392 e. The molecule has 0 aromatic carbocycles. The maximum absolute atomic E-state index is 5.86. The van der Waals surface area contributed by atoms with E-state index in [0.717, 1.165) is 39.1 Å². The van der Waals surface area contributed by atoms with Crippen molar-refractivity contribution in [3.63, 3.8) is 0 Å². The maximum Gasteiger partial charge on any atom is 0.0928 e. The molecule has 1 fully saturated rings. The molecule has 5 nitrogen and oxygen atoms in total. The van der Waals surface area contributed by atoms with Gasteiger partial charge >= 0.3 is 0 Å². The molecule has 2 N–H and O–H groups in total. The molecular formula is C15H27N5S. The highest BCUT2D eigenvalue weighted by molar-refractivity contribution is 7.80. The van der Waals surface area contributed by atoms with Crippen molar-refractivity contribution in [1.29, 1.82) is 0 Å². The van der Waals surface area contributed by atoms with Crippen LogP contribution in [-0.2, 0) is 20.0 Å². The van der Waals surface area contributed by atoms with Crippen LogP contribution in [0.1, 0.15) is 32.2 Å². The molecule has 1 aliphatic heterocycles. The second-order valence-corrected chi connectivity index (χ2v) is 6.73. The molecular weight excluding hydrogens is 282 g/mol. The first-order valence-electron chi connectivity index (χ1n) is 7.63. The summed E-state index contributed by atoms with van der Waals surface area (Å²) in [6.07, 6.45) is 0.990. The standard InChI is InChI=1S/C15H27N5S/c1-5-12-10-13(18(4)17-12)11-19-6-8-20(9-7-19)15(2,3)14(16)21/h10H,5-9,11H2,1-4H3,(H2,16,21). The van der Waals surface area contributed by atoms with Crippen LogP contribution in [0.25, 0.3) is 0 Å². The van der Waals surface area contributed by atoms with Crippen LogP contribution < -0.4 is 5.73 Å². The van der Waals surface area contributed by atoms with Gasteiger partial charge in [-0.05, 0) is 26.3 Å². The smallest absolute Gasteiger partial charge is 0.0928 e. The predicted molar refractivity (Wildman–Crippen MR) is 90.3 cm³/mol. The van der Waals surface area contributed by atoms with E-state index in [2.05, 4.69) is 41.7 Å². The quantitative estimate of drug-likeness (QED) is 0.827. The molecule has 2 rings (SSSR count). The highest BCUT2D eigenvalue weighted by Crippen LogP contribution is 2.18. The number of nitrogens with two attached hydrogens (primary N) is 1. The minimum atomic E-state index is -0.191. The molecule has 1 aromatic rings. The Labute approximate surface area is 133 Å². The number of thiocarbonyl (C=S) groups is 1. The van der Waals surface area contributed by atoms with Crippen LogP contribution in [-0.4, -0.2) is 56.3 Å². The van der Waals surface area contributed by atoms with E-state index in [-0.39, 0.29) is 5.54 Å². The van der Waals surface area contributed by atoms with E-state index in [4.69, 9.17) is 18.0 Å². The zero-order valence-electron chi connectivity index (χ0n) is 13.6. The molecule has 0 unspecified atom stereocenters. The van der Waals surface area contributed by atoms with Gasteiger partial charge < -0.3 is 5.73 Å². The van der Waals surface area contributed by atoms with Gasteiger partial charge in [-0.1, -0.05) is 19.1 Å². The topological polar surface area (TPSA) is 50.3 Å². The van der Waals surface area contributed by atoms with Crippen LogP contribution in [0.15, 0.2) is 6.07 Å². The van der Waals surface area contributed by atoms with E-state index >= 15 is 0 Å². The molecule has 118 valence electrons. The van der Waals surface area contributed by atoms with Gasteiger partial charge in [0.1, 0.15) is 0 Å². The molecule has 0 radical (unpaired) electrons. The van der Waals surface area contributed by atoms with Crippen molar-refractivity contribution in [3.8, 4) is 0 Å². The average Bonchev–Trinajstić information content (AvgIpc) is 2.80. The molecule has 0 bridgehead atoms. The Balaban J connectivity index is 1.92. The fourth-order valence-corrected chi connectivity index (χ4v) is 2.87. The van der Waals surface area contributed by atoms with E-state index in [0.29, 0.717) is 4.99 Å². The fourth-order valence-electron chi connectivity index (χ4n) is 2.74. The third kappa shape index (κ3) is 3.62. The van der Waals surface area contributed by atoms with Gasteiger partial charge in [0.15, 0.2) is 0 Å². The number of hydrogen-bond donors (Lipinski definition) is 1. The highest BCUT2D eigenvalue weighted by atomic mass is 32.1. The normalized spacial score (nSPS) is 18.1. The van der Waals surface area contributed by atoms with E-state index in [1.54, 1.807) is 0 Å². The third-order valence-corrected chi connectivity index (χ3v) is 5.04. The summed E-state index contributed by atoms with van der Waals surface area (Å²) >= 11 is 5.19. The Morgan fingerprint density at radius 2 is 1.95 bits per heavy atom. The number of hydrogen-bond acceptors (Lipinski definition) is 4. The first kappa shape index (κ1) is 16.4. The molecule has 0 spiro atoms. The number of piperazine rings is 1. The summed E-state index contributed by atoms with van der Waals surface area (Å²) in [6.45, 7) is 11.4. The van der Waals surface area contributed by atoms with Crippen molar-refractivity contribution >= 4 is 17.2 Å². The monoisotopic (exact) mass is 309 g/mol. The van der Waals surface area contributed by atoms with E-state index in [9.17, 15) is 0 Å². The van der Waals surface area contributed by atoms with Gasteiger partial charge in [0, 0.05) is 39.8 Å². The molecule has 1 saturated heterocycles.